The zero-order chi connectivity index (χ0) is 16.8. The molecule has 0 aliphatic rings. The molecule has 0 unspecified atom stereocenters. The molecule has 1 aromatic carbocycles. The van der Waals surface area contributed by atoms with Gasteiger partial charge in [0.15, 0.2) is 0 Å². The fourth-order valence-corrected chi connectivity index (χ4v) is 2.68. The highest BCUT2D eigenvalue weighted by Gasteiger charge is 2.10. The number of carbonyl (C=O) groups excluding carboxylic acids is 1. The van der Waals surface area contributed by atoms with Crippen molar-refractivity contribution >= 4 is 5.97 Å². The van der Waals surface area contributed by atoms with Gasteiger partial charge in [0.1, 0.15) is 5.75 Å². The summed E-state index contributed by atoms with van der Waals surface area (Å²) in [5.74, 6) is 0.497. The number of rotatable bonds is 6. The molecular weight excluding hydrogens is 290 g/mol. The number of hydrogen-bond acceptors (Lipinski definition) is 4. The van der Waals surface area contributed by atoms with E-state index < -0.39 is 0 Å². The van der Waals surface area contributed by atoms with E-state index in [2.05, 4.69) is 35.7 Å². The van der Waals surface area contributed by atoms with Crippen LogP contribution in [0.3, 0.4) is 0 Å². The van der Waals surface area contributed by atoms with Gasteiger partial charge in [-0.15, -0.1) is 0 Å². The fraction of sp³-hybridized carbons (Fsp3) is 0.368. The molecule has 0 aliphatic carbocycles. The van der Waals surface area contributed by atoms with E-state index in [0.29, 0.717) is 6.61 Å². The van der Waals surface area contributed by atoms with Crippen LogP contribution in [-0.4, -0.2) is 24.7 Å². The van der Waals surface area contributed by atoms with E-state index in [9.17, 15) is 4.79 Å². The van der Waals surface area contributed by atoms with Crippen molar-refractivity contribution in [1.29, 1.82) is 0 Å². The number of aromatic nitrogens is 1. The fourth-order valence-electron chi connectivity index (χ4n) is 2.68. The largest absolute Gasteiger partial charge is 0.493 e. The Morgan fingerprint density at radius 1 is 1.17 bits per heavy atom. The van der Waals surface area contributed by atoms with Crippen molar-refractivity contribution in [3.05, 3.63) is 47.3 Å². The molecule has 0 saturated carbocycles. The lowest BCUT2D eigenvalue weighted by Crippen LogP contribution is -2.07. The monoisotopic (exact) mass is 313 g/mol. The Labute approximate surface area is 137 Å². The second kappa shape index (κ2) is 7.77. The normalized spacial score (nSPS) is 10.4. The topological polar surface area (TPSA) is 48.4 Å². The Bertz CT molecular complexity index is 695. The van der Waals surface area contributed by atoms with E-state index in [0.717, 1.165) is 23.4 Å². The molecule has 0 fully saturated rings. The van der Waals surface area contributed by atoms with E-state index in [1.54, 1.807) is 0 Å². The predicted molar refractivity (Wildman–Crippen MR) is 90.7 cm³/mol. The van der Waals surface area contributed by atoms with Crippen LogP contribution in [-0.2, 0) is 16.0 Å². The van der Waals surface area contributed by atoms with Gasteiger partial charge < -0.3 is 9.47 Å². The minimum atomic E-state index is -0.266. The summed E-state index contributed by atoms with van der Waals surface area (Å²) in [5, 5.41) is 0. The molecule has 0 N–H and O–H groups in total. The SMILES string of the molecule is CCc1c(-c2ccc(OCCC(=O)OC)cc2C)ccnc1C. The average molecular weight is 313 g/mol. The summed E-state index contributed by atoms with van der Waals surface area (Å²) in [6.45, 7) is 6.58. The van der Waals surface area contributed by atoms with Crippen LogP contribution in [0.4, 0.5) is 0 Å². The number of hydrogen-bond donors (Lipinski definition) is 0. The number of pyridine rings is 1. The van der Waals surface area contributed by atoms with E-state index in [1.165, 1.54) is 23.8 Å². The van der Waals surface area contributed by atoms with Gasteiger partial charge in [-0.3, -0.25) is 9.78 Å². The van der Waals surface area contributed by atoms with Gasteiger partial charge in [0.05, 0.1) is 20.1 Å². The minimum absolute atomic E-state index is 0.251. The van der Waals surface area contributed by atoms with Crippen molar-refractivity contribution in [3.63, 3.8) is 0 Å². The smallest absolute Gasteiger partial charge is 0.308 e. The molecule has 4 heteroatoms. The second-order valence-corrected chi connectivity index (χ2v) is 5.43. The van der Waals surface area contributed by atoms with Gasteiger partial charge in [-0.1, -0.05) is 13.0 Å². The summed E-state index contributed by atoms with van der Waals surface area (Å²) >= 11 is 0. The Hall–Kier alpha value is -2.36. The Kier molecular flexibility index (Phi) is 5.74. The summed E-state index contributed by atoms with van der Waals surface area (Å²) in [4.78, 5) is 15.5. The zero-order valence-electron chi connectivity index (χ0n) is 14.2. The summed E-state index contributed by atoms with van der Waals surface area (Å²) in [6.07, 6.45) is 3.05. The molecule has 1 heterocycles. The molecule has 2 rings (SSSR count). The molecule has 122 valence electrons. The van der Waals surface area contributed by atoms with Crippen LogP contribution in [0.15, 0.2) is 30.5 Å². The molecule has 0 saturated heterocycles. The lowest BCUT2D eigenvalue weighted by atomic mass is 9.94. The van der Waals surface area contributed by atoms with E-state index >= 15 is 0 Å². The molecule has 0 radical (unpaired) electrons. The summed E-state index contributed by atoms with van der Waals surface area (Å²) < 4.78 is 10.2. The van der Waals surface area contributed by atoms with Gasteiger partial charge in [-0.25, -0.2) is 0 Å². The Morgan fingerprint density at radius 3 is 2.61 bits per heavy atom. The zero-order valence-corrected chi connectivity index (χ0v) is 14.2. The molecule has 2 aromatic rings. The quantitative estimate of drug-likeness (QED) is 0.760. The molecule has 0 amide bonds. The first-order valence-corrected chi connectivity index (χ1v) is 7.82. The molecule has 0 spiro atoms. The first-order chi connectivity index (χ1) is 11.1. The van der Waals surface area contributed by atoms with E-state index in [-0.39, 0.29) is 12.4 Å². The highest BCUT2D eigenvalue weighted by molar-refractivity contribution is 5.72. The molecule has 1 aromatic heterocycles. The van der Waals surface area contributed by atoms with Gasteiger partial charge in [0.2, 0.25) is 0 Å². The maximum absolute atomic E-state index is 11.1. The number of carbonyl (C=O) groups is 1. The molecule has 0 bridgehead atoms. The van der Waals surface area contributed by atoms with Gasteiger partial charge >= 0.3 is 5.97 Å². The third-order valence-electron chi connectivity index (χ3n) is 3.92. The first kappa shape index (κ1) is 17.0. The summed E-state index contributed by atoms with van der Waals surface area (Å²) in [7, 11) is 1.38. The van der Waals surface area contributed by atoms with Crippen molar-refractivity contribution < 1.29 is 14.3 Å². The van der Waals surface area contributed by atoms with Crippen molar-refractivity contribution in [2.24, 2.45) is 0 Å². The summed E-state index contributed by atoms with van der Waals surface area (Å²) in [6, 6.07) is 8.07. The van der Waals surface area contributed by atoms with Gasteiger partial charge in [-0.05, 0) is 60.7 Å². The lowest BCUT2D eigenvalue weighted by Gasteiger charge is -2.14. The van der Waals surface area contributed by atoms with Crippen LogP contribution < -0.4 is 4.74 Å². The maximum atomic E-state index is 11.1. The van der Waals surface area contributed by atoms with Crippen LogP contribution in [0.1, 0.15) is 30.2 Å². The minimum Gasteiger partial charge on any atom is -0.493 e. The number of ether oxygens (including phenoxy) is 2. The van der Waals surface area contributed by atoms with Crippen LogP contribution in [0.25, 0.3) is 11.1 Å². The molecule has 4 nitrogen and oxygen atoms in total. The highest BCUT2D eigenvalue weighted by Crippen LogP contribution is 2.30. The second-order valence-electron chi connectivity index (χ2n) is 5.43. The maximum Gasteiger partial charge on any atom is 0.308 e. The van der Waals surface area contributed by atoms with Crippen molar-refractivity contribution in [1.82, 2.24) is 4.98 Å². The molecule has 0 aliphatic heterocycles. The third-order valence-corrected chi connectivity index (χ3v) is 3.92. The molecular formula is C19H23NO3. The van der Waals surface area contributed by atoms with Crippen LogP contribution >= 0.6 is 0 Å². The van der Waals surface area contributed by atoms with Crippen LogP contribution in [0.2, 0.25) is 0 Å². The molecule has 23 heavy (non-hydrogen) atoms. The average Bonchev–Trinajstić information content (AvgIpc) is 2.54. The van der Waals surface area contributed by atoms with Crippen molar-refractivity contribution in [3.8, 4) is 16.9 Å². The van der Waals surface area contributed by atoms with Crippen LogP contribution in [0.5, 0.6) is 5.75 Å². The third kappa shape index (κ3) is 4.09. The number of benzene rings is 1. The number of methoxy groups -OCH3 is 1. The van der Waals surface area contributed by atoms with Gasteiger partial charge in [0.25, 0.3) is 0 Å². The van der Waals surface area contributed by atoms with Crippen LogP contribution in [0, 0.1) is 13.8 Å². The first-order valence-electron chi connectivity index (χ1n) is 7.82. The van der Waals surface area contributed by atoms with E-state index in [1.807, 2.05) is 25.3 Å². The standard InChI is InChI=1S/C19H23NO3/c1-5-16-14(3)20-10-8-18(16)17-7-6-15(12-13(17)2)23-11-9-19(21)22-4/h6-8,10,12H,5,9,11H2,1-4H3. The van der Waals surface area contributed by atoms with Crippen molar-refractivity contribution in [2.45, 2.75) is 33.6 Å². The number of aryl methyl sites for hydroxylation is 2. The van der Waals surface area contributed by atoms with Gasteiger partial charge in [0, 0.05) is 11.9 Å². The van der Waals surface area contributed by atoms with Crippen molar-refractivity contribution in [2.75, 3.05) is 13.7 Å². The molecule has 0 atom stereocenters. The highest BCUT2D eigenvalue weighted by atomic mass is 16.5. The number of esters is 1. The van der Waals surface area contributed by atoms with Gasteiger partial charge in [-0.2, -0.15) is 0 Å². The summed E-state index contributed by atoms with van der Waals surface area (Å²) in [5.41, 5.74) is 5.89. The lowest BCUT2D eigenvalue weighted by molar-refractivity contribution is -0.141. The van der Waals surface area contributed by atoms with E-state index in [4.69, 9.17) is 4.74 Å². The predicted octanol–water partition coefficient (Wildman–Crippen LogP) is 3.87. The Morgan fingerprint density at radius 2 is 1.96 bits per heavy atom. The number of nitrogens with zero attached hydrogens (tertiary/aromatic N) is 1. The Balaban J connectivity index is 2.20.